The number of carbonyl (C=O) groups excluding carboxylic acids is 2. The summed E-state index contributed by atoms with van der Waals surface area (Å²) >= 11 is 0. The molecule has 0 aromatic carbocycles. The summed E-state index contributed by atoms with van der Waals surface area (Å²) in [6, 6.07) is -0.608. The standard InChI is InChI=1S/C37H69NO7/c1-6-8-10-12-13-14-15-16-17-18-19-20-21-22-23-24-26-28-36(40)45-33(32-44-35(39)27-25-11-9-7-2)31-43-30-29-34(37(41)42)38(3,4)5/h16-17,33-34H,6-15,18-32H2,1-5H3/p+1/b17-16-. The highest BCUT2D eigenvalue weighted by atomic mass is 16.6. The van der Waals surface area contributed by atoms with Crippen molar-refractivity contribution in [2.75, 3.05) is 41.0 Å². The first kappa shape index (κ1) is 43.1. The number of carboxylic acids is 1. The normalized spacial score (nSPS) is 13.2. The number of carboxylic acid groups (broad SMARTS) is 1. The number of hydrogen-bond acceptors (Lipinski definition) is 6. The van der Waals surface area contributed by atoms with Crippen LogP contribution >= 0.6 is 0 Å². The molecule has 0 spiro atoms. The van der Waals surface area contributed by atoms with Gasteiger partial charge in [0.25, 0.3) is 0 Å². The van der Waals surface area contributed by atoms with Crippen molar-refractivity contribution in [3.05, 3.63) is 12.2 Å². The summed E-state index contributed by atoms with van der Waals surface area (Å²) in [5, 5.41) is 9.53. The lowest BCUT2D eigenvalue weighted by atomic mass is 10.1. The monoisotopic (exact) mass is 641 g/mol. The molecule has 0 aliphatic heterocycles. The quantitative estimate of drug-likeness (QED) is 0.0339. The number of nitrogens with zero attached hydrogens (tertiary/aromatic N) is 1. The first-order valence-corrected chi connectivity index (χ1v) is 18.2. The third-order valence-electron chi connectivity index (χ3n) is 8.16. The van der Waals surface area contributed by atoms with Crippen molar-refractivity contribution >= 4 is 17.9 Å². The molecule has 0 heterocycles. The van der Waals surface area contributed by atoms with Crippen LogP contribution < -0.4 is 0 Å². The third kappa shape index (κ3) is 28.1. The Kier molecular flexibility index (Phi) is 28.2. The molecule has 2 unspecified atom stereocenters. The number of esters is 2. The van der Waals surface area contributed by atoms with Gasteiger partial charge in [0.15, 0.2) is 12.1 Å². The molecule has 1 N–H and O–H groups in total. The molecular weight excluding hydrogens is 570 g/mol. The van der Waals surface area contributed by atoms with E-state index < -0.39 is 18.1 Å². The van der Waals surface area contributed by atoms with E-state index in [1.54, 1.807) is 0 Å². The lowest BCUT2D eigenvalue weighted by molar-refractivity contribution is -0.887. The number of unbranched alkanes of at least 4 members (excludes halogenated alkanes) is 16. The maximum absolute atomic E-state index is 12.6. The highest BCUT2D eigenvalue weighted by Gasteiger charge is 2.31. The maximum atomic E-state index is 12.6. The highest BCUT2D eigenvalue weighted by molar-refractivity contribution is 5.72. The molecule has 0 fully saturated rings. The predicted molar refractivity (Wildman–Crippen MR) is 183 cm³/mol. The van der Waals surface area contributed by atoms with E-state index in [-0.39, 0.29) is 36.2 Å². The zero-order valence-corrected chi connectivity index (χ0v) is 29.8. The Hall–Kier alpha value is -1.93. The molecule has 8 nitrogen and oxygen atoms in total. The Morgan fingerprint density at radius 1 is 0.644 bits per heavy atom. The maximum Gasteiger partial charge on any atom is 0.362 e. The van der Waals surface area contributed by atoms with Crippen molar-refractivity contribution in [3.63, 3.8) is 0 Å². The Balaban J connectivity index is 4.24. The summed E-state index contributed by atoms with van der Waals surface area (Å²) in [6.45, 7) is 4.60. The fourth-order valence-electron chi connectivity index (χ4n) is 5.26. The zero-order chi connectivity index (χ0) is 33.6. The number of likely N-dealkylation sites (N-methyl/N-ethyl adjacent to an activating group) is 1. The number of quaternary nitrogens is 1. The van der Waals surface area contributed by atoms with Gasteiger partial charge in [-0.15, -0.1) is 0 Å². The summed E-state index contributed by atoms with van der Waals surface area (Å²) in [7, 11) is 5.50. The van der Waals surface area contributed by atoms with Gasteiger partial charge in [0.05, 0.1) is 34.4 Å². The van der Waals surface area contributed by atoms with Crippen LogP contribution in [-0.2, 0) is 28.6 Å². The molecule has 45 heavy (non-hydrogen) atoms. The molecule has 0 bridgehead atoms. The Bertz CT molecular complexity index is 762. The van der Waals surface area contributed by atoms with E-state index in [1.807, 2.05) is 21.1 Å². The second-order valence-electron chi connectivity index (χ2n) is 13.5. The summed E-state index contributed by atoms with van der Waals surface area (Å²) in [5.41, 5.74) is 0. The van der Waals surface area contributed by atoms with Gasteiger partial charge < -0.3 is 23.8 Å². The van der Waals surface area contributed by atoms with Gasteiger partial charge in [-0.3, -0.25) is 9.59 Å². The largest absolute Gasteiger partial charge is 0.477 e. The molecule has 0 aliphatic carbocycles. The molecule has 0 aliphatic rings. The lowest BCUT2D eigenvalue weighted by Gasteiger charge is -2.31. The van der Waals surface area contributed by atoms with Crippen LogP contribution in [0.4, 0.5) is 0 Å². The van der Waals surface area contributed by atoms with Crippen LogP contribution in [0.15, 0.2) is 12.2 Å². The first-order chi connectivity index (χ1) is 21.6. The summed E-state index contributed by atoms with van der Waals surface area (Å²) in [6.07, 6.45) is 27.3. The minimum absolute atomic E-state index is 0.0513. The molecule has 8 heteroatoms. The van der Waals surface area contributed by atoms with E-state index in [2.05, 4.69) is 26.0 Å². The molecule has 0 aromatic rings. The minimum Gasteiger partial charge on any atom is -0.477 e. The van der Waals surface area contributed by atoms with Crippen LogP contribution in [0.3, 0.4) is 0 Å². The van der Waals surface area contributed by atoms with Crippen LogP contribution in [-0.4, -0.2) is 80.6 Å². The number of aliphatic carboxylic acids is 1. The van der Waals surface area contributed by atoms with Gasteiger partial charge in [0.1, 0.15) is 6.61 Å². The first-order valence-electron chi connectivity index (χ1n) is 18.2. The second-order valence-corrected chi connectivity index (χ2v) is 13.5. The van der Waals surface area contributed by atoms with Crippen molar-refractivity contribution in [2.45, 2.75) is 167 Å². The van der Waals surface area contributed by atoms with Gasteiger partial charge in [-0.1, -0.05) is 109 Å². The second kappa shape index (κ2) is 29.5. The van der Waals surface area contributed by atoms with E-state index in [0.717, 1.165) is 44.9 Å². The topological polar surface area (TPSA) is 99.1 Å². The van der Waals surface area contributed by atoms with Crippen molar-refractivity contribution < 1.29 is 38.2 Å². The van der Waals surface area contributed by atoms with Crippen LogP contribution in [0, 0.1) is 0 Å². The summed E-state index contributed by atoms with van der Waals surface area (Å²) in [5.74, 6) is -1.49. The number of rotatable bonds is 32. The number of ether oxygens (including phenoxy) is 3. The third-order valence-corrected chi connectivity index (χ3v) is 8.16. The SMILES string of the molecule is CCCCCCCC/C=C\CCCCCCCCCC(=O)OC(COCCC(C(=O)O)[N+](C)(C)C)COC(=O)CCCCCC. The van der Waals surface area contributed by atoms with Crippen LogP contribution in [0.5, 0.6) is 0 Å². The van der Waals surface area contributed by atoms with E-state index in [0.29, 0.717) is 19.3 Å². The van der Waals surface area contributed by atoms with Gasteiger partial charge in [-0.2, -0.15) is 0 Å². The minimum atomic E-state index is -0.877. The van der Waals surface area contributed by atoms with E-state index in [9.17, 15) is 19.5 Å². The number of hydrogen-bond donors (Lipinski definition) is 1. The van der Waals surface area contributed by atoms with Gasteiger partial charge in [-0.25, -0.2) is 4.79 Å². The van der Waals surface area contributed by atoms with Gasteiger partial charge in [-0.05, 0) is 38.5 Å². The lowest BCUT2D eigenvalue weighted by Crippen LogP contribution is -2.50. The zero-order valence-electron chi connectivity index (χ0n) is 29.8. The van der Waals surface area contributed by atoms with E-state index >= 15 is 0 Å². The highest BCUT2D eigenvalue weighted by Crippen LogP contribution is 2.13. The number of allylic oxidation sites excluding steroid dienone is 2. The summed E-state index contributed by atoms with van der Waals surface area (Å²) in [4.78, 5) is 36.4. The molecule has 0 rings (SSSR count). The van der Waals surface area contributed by atoms with Crippen molar-refractivity contribution in [3.8, 4) is 0 Å². The predicted octanol–water partition coefficient (Wildman–Crippen LogP) is 8.80. The van der Waals surface area contributed by atoms with Gasteiger partial charge in [0.2, 0.25) is 0 Å². The smallest absolute Gasteiger partial charge is 0.362 e. The molecule has 264 valence electrons. The molecule has 0 radical (unpaired) electrons. The van der Waals surface area contributed by atoms with Crippen LogP contribution in [0.1, 0.15) is 155 Å². The van der Waals surface area contributed by atoms with Gasteiger partial charge in [0, 0.05) is 19.3 Å². The van der Waals surface area contributed by atoms with Crippen molar-refractivity contribution in [2.24, 2.45) is 0 Å². The molecule has 0 amide bonds. The van der Waals surface area contributed by atoms with Crippen LogP contribution in [0.2, 0.25) is 0 Å². The van der Waals surface area contributed by atoms with Crippen molar-refractivity contribution in [1.29, 1.82) is 0 Å². The molecule has 0 saturated heterocycles. The summed E-state index contributed by atoms with van der Waals surface area (Å²) < 4.78 is 17.0. The fraction of sp³-hybridized carbons (Fsp3) is 0.865. The Morgan fingerprint density at radius 2 is 1.11 bits per heavy atom. The van der Waals surface area contributed by atoms with Crippen molar-refractivity contribution in [1.82, 2.24) is 0 Å². The average Bonchev–Trinajstić information content (AvgIpc) is 2.98. The molecule has 2 atom stereocenters. The van der Waals surface area contributed by atoms with Crippen LogP contribution in [0.25, 0.3) is 0 Å². The fourth-order valence-corrected chi connectivity index (χ4v) is 5.26. The molecule has 0 saturated carbocycles. The molecule has 0 aromatic heterocycles. The Labute approximate surface area is 276 Å². The van der Waals surface area contributed by atoms with E-state index in [4.69, 9.17) is 14.2 Å². The van der Waals surface area contributed by atoms with Gasteiger partial charge >= 0.3 is 17.9 Å². The number of carbonyl (C=O) groups is 3. The van der Waals surface area contributed by atoms with E-state index in [1.165, 1.54) is 77.0 Å². The average molecular weight is 641 g/mol. The molecular formula is C37H70NO7+. The Morgan fingerprint density at radius 3 is 1.62 bits per heavy atom.